The number of nitrogens with one attached hydrogen (secondary N) is 1. The van der Waals surface area contributed by atoms with Crippen molar-refractivity contribution in [1.82, 2.24) is 5.32 Å². The molecule has 0 unspecified atom stereocenters. The fourth-order valence-electron chi connectivity index (χ4n) is 1.58. The standard InChI is InChI=1S/C14H11BrN2OS/c15-12-6-13(19-9-12)8-17-14(18)5-10-1-3-11(7-16)4-2-10/h1-4,6,9H,5,8H2,(H,17,18). The maximum absolute atomic E-state index is 11.8. The van der Waals surface area contributed by atoms with Gasteiger partial charge in [0.25, 0.3) is 0 Å². The van der Waals surface area contributed by atoms with Crippen LogP contribution in [0, 0.1) is 11.3 Å². The molecular formula is C14H11BrN2OS. The van der Waals surface area contributed by atoms with E-state index in [4.69, 9.17) is 5.26 Å². The van der Waals surface area contributed by atoms with Crippen LogP contribution in [0.3, 0.4) is 0 Å². The highest BCUT2D eigenvalue weighted by atomic mass is 79.9. The number of nitrogens with zero attached hydrogens (tertiary/aromatic N) is 1. The summed E-state index contributed by atoms with van der Waals surface area (Å²) in [5.41, 5.74) is 1.51. The van der Waals surface area contributed by atoms with Gasteiger partial charge >= 0.3 is 0 Å². The Morgan fingerprint density at radius 3 is 2.68 bits per heavy atom. The number of nitriles is 1. The predicted octanol–water partition coefficient (Wildman–Crippen LogP) is 3.24. The quantitative estimate of drug-likeness (QED) is 0.933. The first kappa shape index (κ1) is 13.8. The van der Waals surface area contributed by atoms with Crippen molar-refractivity contribution in [2.75, 3.05) is 0 Å². The van der Waals surface area contributed by atoms with E-state index in [0.29, 0.717) is 18.5 Å². The molecular weight excluding hydrogens is 324 g/mol. The van der Waals surface area contributed by atoms with Crippen molar-refractivity contribution >= 4 is 33.2 Å². The highest BCUT2D eigenvalue weighted by molar-refractivity contribution is 9.10. The largest absolute Gasteiger partial charge is 0.351 e. The number of amides is 1. The van der Waals surface area contributed by atoms with Crippen LogP contribution in [0.15, 0.2) is 40.2 Å². The summed E-state index contributed by atoms with van der Waals surface area (Å²) >= 11 is 4.98. The number of thiophene rings is 1. The zero-order valence-electron chi connectivity index (χ0n) is 10.0. The molecule has 1 aromatic carbocycles. The van der Waals surface area contributed by atoms with Crippen LogP contribution in [0.25, 0.3) is 0 Å². The maximum atomic E-state index is 11.8. The molecule has 96 valence electrons. The van der Waals surface area contributed by atoms with Crippen LogP contribution in [0.4, 0.5) is 0 Å². The SMILES string of the molecule is N#Cc1ccc(CC(=O)NCc2cc(Br)cs2)cc1. The van der Waals surface area contributed by atoms with Crippen molar-refractivity contribution in [3.8, 4) is 6.07 Å². The number of hydrogen-bond acceptors (Lipinski definition) is 3. The molecule has 0 radical (unpaired) electrons. The Balaban J connectivity index is 1.85. The first-order valence-corrected chi connectivity index (χ1v) is 7.33. The first-order valence-electron chi connectivity index (χ1n) is 5.66. The summed E-state index contributed by atoms with van der Waals surface area (Å²) in [5.74, 6) is -0.0192. The van der Waals surface area contributed by atoms with Gasteiger partial charge in [0.1, 0.15) is 0 Å². The summed E-state index contributed by atoms with van der Waals surface area (Å²) in [4.78, 5) is 12.9. The number of carbonyl (C=O) groups is 1. The molecule has 0 aliphatic heterocycles. The highest BCUT2D eigenvalue weighted by Gasteiger charge is 2.04. The third kappa shape index (κ3) is 4.19. The first-order chi connectivity index (χ1) is 9.17. The second kappa shape index (κ2) is 6.50. The van der Waals surface area contributed by atoms with Gasteiger partial charge in [-0.3, -0.25) is 4.79 Å². The Hall–Kier alpha value is -1.64. The predicted molar refractivity (Wildman–Crippen MR) is 78.7 cm³/mol. The van der Waals surface area contributed by atoms with E-state index in [1.165, 1.54) is 0 Å². The lowest BCUT2D eigenvalue weighted by atomic mass is 10.1. The van der Waals surface area contributed by atoms with E-state index in [-0.39, 0.29) is 5.91 Å². The van der Waals surface area contributed by atoms with E-state index in [1.54, 1.807) is 35.6 Å². The van der Waals surface area contributed by atoms with Gasteiger partial charge < -0.3 is 5.32 Å². The fraction of sp³-hybridized carbons (Fsp3) is 0.143. The smallest absolute Gasteiger partial charge is 0.224 e. The molecule has 1 heterocycles. The third-order valence-corrected chi connectivity index (χ3v) is 4.23. The lowest BCUT2D eigenvalue weighted by molar-refractivity contribution is -0.120. The summed E-state index contributed by atoms with van der Waals surface area (Å²) in [6.45, 7) is 0.547. The van der Waals surface area contributed by atoms with Crippen molar-refractivity contribution in [2.24, 2.45) is 0 Å². The van der Waals surface area contributed by atoms with Gasteiger partial charge in [-0.25, -0.2) is 0 Å². The van der Waals surface area contributed by atoms with E-state index in [2.05, 4.69) is 27.3 Å². The van der Waals surface area contributed by atoms with Gasteiger partial charge in [-0.05, 0) is 39.7 Å². The fourth-order valence-corrected chi connectivity index (χ4v) is 2.97. The molecule has 0 fully saturated rings. The molecule has 5 heteroatoms. The van der Waals surface area contributed by atoms with Gasteiger partial charge in [-0.2, -0.15) is 5.26 Å². The summed E-state index contributed by atoms with van der Waals surface area (Å²) in [6.07, 6.45) is 0.332. The van der Waals surface area contributed by atoms with E-state index in [0.717, 1.165) is 14.9 Å². The van der Waals surface area contributed by atoms with Crippen LogP contribution in [-0.4, -0.2) is 5.91 Å². The van der Waals surface area contributed by atoms with Crippen LogP contribution in [0.2, 0.25) is 0 Å². The van der Waals surface area contributed by atoms with Gasteiger partial charge in [-0.15, -0.1) is 11.3 Å². The molecule has 3 nitrogen and oxygen atoms in total. The molecule has 0 saturated heterocycles. The Kier molecular flexibility index (Phi) is 4.72. The van der Waals surface area contributed by atoms with Crippen LogP contribution in [0.5, 0.6) is 0 Å². The van der Waals surface area contributed by atoms with Gasteiger partial charge in [0, 0.05) is 14.7 Å². The highest BCUT2D eigenvalue weighted by Crippen LogP contribution is 2.19. The van der Waals surface area contributed by atoms with E-state index in [9.17, 15) is 4.79 Å². The summed E-state index contributed by atoms with van der Waals surface area (Å²) in [6, 6.07) is 11.1. The molecule has 1 amide bonds. The van der Waals surface area contributed by atoms with Crippen molar-refractivity contribution in [3.05, 3.63) is 56.2 Å². The van der Waals surface area contributed by atoms with Gasteiger partial charge in [0.05, 0.1) is 24.6 Å². The van der Waals surface area contributed by atoms with Crippen LogP contribution < -0.4 is 5.32 Å². The van der Waals surface area contributed by atoms with Crippen LogP contribution >= 0.6 is 27.3 Å². The minimum Gasteiger partial charge on any atom is -0.351 e. The molecule has 0 atom stereocenters. The Bertz CT molecular complexity index is 613. The molecule has 19 heavy (non-hydrogen) atoms. The lowest BCUT2D eigenvalue weighted by Gasteiger charge is -2.03. The number of benzene rings is 1. The van der Waals surface area contributed by atoms with E-state index < -0.39 is 0 Å². The normalized spacial score (nSPS) is 9.89. The topological polar surface area (TPSA) is 52.9 Å². The summed E-state index contributed by atoms with van der Waals surface area (Å²) in [5, 5.41) is 13.6. The lowest BCUT2D eigenvalue weighted by Crippen LogP contribution is -2.24. The Morgan fingerprint density at radius 1 is 1.37 bits per heavy atom. The minimum absolute atomic E-state index is 0.0192. The molecule has 0 spiro atoms. The van der Waals surface area contributed by atoms with Crippen molar-refractivity contribution in [2.45, 2.75) is 13.0 Å². The van der Waals surface area contributed by atoms with Gasteiger partial charge in [-0.1, -0.05) is 12.1 Å². The average Bonchev–Trinajstić information content (AvgIpc) is 2.83. The summed E-state index contributed by atoms with van der Waals surface area (Å²) in [7, 11) is 0. The van der Waals surface area contributed by atoms with E-state index in [1.807, 2.05) is 11.4 Å². The van der Waals surface area contributed by atoms with Gasteiger partial charge in [0.2, 0.25) is 5.91 Å². The molecule has 0 saturated carbocycles. The molecule has 0 bridgehead atoms. The van der Waals surface area contributed by atoms with E-state index >= 15 is 0 Å². The molecule has 0 aliphatic carbocycles. The number of carbonyl (C=O) groups excluding carboxylic acids is 1. The second-order valence-corrected chi connectivity index (χ2v) is 5.90. The van der Waals surface area contributed by atoms with Crippen molar-refractivity contribution < 1.29 is 4.79 Å². The maximum Gasteiger partial charge on any atom is 0.224 e. The molecule has 1 N–H and O–H groups in total. The average molecular weight is 335 g/mol. The van der Waals surface area contributed by atoms with Gasteiger partial charge in [0.15, 0.2) is 0 Å². The Labute approximate surface area is 124 Å². The van der Waals surface area contributed by atoms with Crippen LogP contribution in [0.1, 0.15) is 16.0 Å². The number of halogens is 1. The molecule has 1 aromatic heterocycles. The number of rotatable bonds is 4. The molecule has 2 rings (SSSR count). The summed E-state index contributed by atoms with van der Waals surface area (Å²) < 4.78 is 1.04. The minimum atomic E-state index is -0.0192. The number of hydrogen-bond donors (Lipinski definition) is 1. The zero-order chi connectivity index (χ0) is 13.7. The third-order valence-electron chi connectivity index (χ3n) is 2.53. The van der Waals surface area contributed by atoms with Crippen molar-refractivity contribution in [1.29, 1.82) is 5.26 Å². The zero-order valence-corrected chi connectivity index (χ0v) is 12.4. The Morgan fingerprint density at radius 2 is 2.11 bits per heavy atom. The molecule has 0 aliphatic rings. The monoisotopic (exact) mass is 334 g/mol. The van der Waals surface area contributed by atoms with Crippen LogP contribution in [-0.2, 0) is 17.8 Å². The molecule has 2 aromatic rings. The van der Waals surface area contributed by atoms with Crippen molar-refractivity contribution in [3.63, 3.8) is 0 Å². The second-order valence-electron chi connectivity index (χ2n) is 3.99.